The molecule has 3 aromatic rings. The van der Waals surface area contributed by atoms with Crippen LogP contribution in [0, 0.1) is 5.82 Å². The Labute approximate surface area is 186 Å². The monoisotopic (exact) mass is 433 g/mol. The molecule has 1 aliphatic heterocycles. The molecule has 6 nitrogen and oxygen atoms in total. The average Bonchev–Trinajstić information content (AvgIpc) is 2.84. The lowest BCUT2D eigenvalue weighted by Crippen LogP contribution is -2.36. The van der Waals surface area contributed by atoms with Crippen LogP contribution in [-0.4, -0.2) is 45.0 Å². The molecule has 0 bridgehead atoms. The van der Waals surface area contributed by atoms with Crippen LogP contribution in [0.15, 0.2) is 77.8 Å². The fraction of sp³-hybridized carbons (Fsp3) is 0.200. The number of nitrogens with zero attached hydrogens (tertiary/aromatic N) is 2. The van der Waals surface area contributed by atoms with Gasteiger partial charge in [0.25, 0.3) is 5.91 Å². The number of morpholine rings is 1. The molecule has 164 valence electrons. The van der Waals surface area contributed by atoms with Crippen molar-refractivity contribution in [3.63, 3.8) is 0 Å². The van der Waals surface area contributed by atoms with Gasteiger partial charge in [-0.2, -0.15) is 0 Å². The molecule has 0 saturated carbocycles. The number of carbonyl (C=O) groups is 1. The summed E-state index contributed by atoms with van der Waals surface area (Å²) in [5, 5.41) is 2.65. The van der Waals surface area contributed by atoms with E-state index in [-0.39, 0.29) is 18.3 Å². The Morgan fingerprint density at radius 2 is 1.69 bits per heavy atom. The Morgan fingerprint density at radius 1 is 1.00 bits per heavy atom. The number of nitrogens with one attached hydrogen (secondary N) is 1. The summed E-state index contributed by atoms with van der Waals surface area (Å²) >= 11 is 0. The fourth-order valence-corrected chi connectivity index (χ4v) is 3.25. The third-order valence-electron chi connectivity index (χ3n) is 4.97. The van der Waals surface area contributed by atoms with Crippen molar-refractivity contribution in [1.29, 1.82) is 0 Å². The first kappa shape index (κ1) is 21.5. The van der Waals surface area contributed by atoms with E-state index in [1.54, 1.807) is 18.3 Å². The molecule has 0 atom stereocenters. The molecule has 1 amide bonds. The molecule has 3 aromatic carbocycles. The highest BCUT2D eigenvalue weighted by Crippen LogP contribution is 2.21. The molecule has 1 saturated heterocycles. The Hall–Kier alpha value is -3.71. The zero-order valence-corrected chi connectivity index (χ0v) is 17.5. The summed E-state index contributed by atoms with van der Waals surface area (Å²) in [4.78, 5) is 18.8. The second kappa shape index (κ2) is 10.5. The minimum absolute atomic E-state index is 0.139. The van der Waals surface area contributed by atoms with Gasteiger partial charge in [0.15, 0.2) is 6.61 Å². The van der Waals surface area contributed by atoms with Crippen molar-refractivity contribution < 1.29 is 18.7 Å². The van der Waals surface area contributed by atoms with Crippen molar-refractivity contribution in [2.75, 3.05) is 43.1 Å². The molecule has 0 spiro atoms. The van der Waals surface area contributed by atoms with Crippen LogP contribution in [0.3, 0.4) is 0 Å². The van der Waals surface area contributed by atoms with E-state index in [0.29, 0.717) is 11.4 Å². The molecule has 0 radical (unpaired) electrons. The number of hydrogen-bond acceptors (Lipinski definition) is 5. The number of carbonyl (C=O) groups excluding carboxylic acids is 1. The SMILES string of the molecule is O=C(COc1ccc(C=Nc2ccc(N3CCOCC3)cc2)cc1)Nc1ccc(F)cc1. The van der Waals surface area contributed by atoms with Crippen LogP contribution in [-0.2, 0) is 9.53 Å². The summed E-state index contributed by atoms with van der Waals surface area (Å²) in [7, 11) is 0. The maximum atomic E-state index is 12.9. The Kier molecular flexibility index (Phi) is 7.09. The Bertz CT molecular complexity index is 1050. The van der Waals surface area contributed by atoms with Gasteiger partial charge >= 0.3 is 0 Å². The maximum absolute atomic E-state index is 12.9. The highest BCUT2D eigenvalue weighted by Gasteiger charge is 2.10. The predicted octanol–water partition coefficient (Wildman–Crippen LogP) is 4.43. The third kappa shape index (κ3) is 6.15. The third-order valence-corrected chi connectivity index (χ3v) is 4.97. The number of rotatable bonds is 7. The van der Waals surface area contributed by atoms with Gasteiger partial charge in [-0.3, -0.25) is 9.79 Å². The van der Waals surface area contributed by atoms with E-state index in [2.05, 4.69) is 27.3 Å². The van der Waals surface area contributed by atoms with E-state index in [1.165, 1.54) is 30.0 Å². The molecular weight excluding hydrogens is 409 g/mol. The molecule has 1 N–H and O–H groups in total. The fourth-order valence-electron chi connectivity index (χ4n) is 3.25. The van der Waals surface area contributed by atoms with Crippen LogP contribution >= 0.6 is 0 Å². The van der Waals surface area contributed by atoms with Gasteiger partial charge in [0, 0.05) is 30.7 Å². The maximum Gasteiger partial charge on any atom is 0.262 e. The zero-order valence-electron chi connectivity index (χ0n) is 17.5. The molecule has 32 heavy (non-hydrogen) atoms. The summed E-state index contributed by atoms with van der Waals surface area (Å²) < 4.78 is 23.8. The first-order chi connectivity index (χ1) is 15.7. The van der Waals surface area contributed by atoms with Gasteiger partial charge in [-0.05, 0) is 78.4 Å². The van der Waals surface area contributed by atoms with Gasteiger partial charge < -0.3 is 19.7 Å². The Morgan fingerprint density at radius 3 is 2.38 bits per heavy atom. The second-order valence-corrected chi connectivity index (χ2v) is 7.29. The largest absolute Gasteiger partial charge is 0.484 e. The van der Waals surface area contributed by atoms with E-state index < -0.39 is 0 Å². The minimum Gasteiger partial charge on any atom is -0.484 e. The lowest BCUT2D eigenvalue weighted by atomic mass is 10.2. The van der Waals surface area contributed by atoms with Gasteiger partial charge in [0.05, 0.1) is 18.9 Å². The van der Waals surface area contributed by atoms with E-state index in [9.17, 15) is 9.18 Å². The number of aliphatic imine (C=N–C) groups is 1. The van der Waals surface area contributed by atoms with Crippen LogP contribution in [0.1, 0.15) is 5.56 Å². The van der Waals surface area contributed by atoms with E-state index in [4.69, 9.17) is 9.47 Å². The number of halogens is 1. The minimum atomic E-state index is -0.354. The molecule has 4 rings (SSSR count). The standard InChI is InChI=1S/C25H24FN3O3/c26-20-3-5-22(6-4-20)28-25(30)18-32-24-11-1-19(2-12-24)17-27-21-7-9-23(10-8-21)29-13-15-31-16-14-29/h1-12,17H,13-16,18H2,(H,28,30). The van der Waals surface area contributed by atoms with Gasteiger partial charge in [-0.25, -0.2) is 4.39 Å². The molecule has 1 heterocycles. The highest BCUT2D eigenvalue weighted by atomic mass is 19.1. The number of ether oxygens (including phenoxy) is 2. The summed E-state index contributed by atoms with van der Waals surface area (Å²) in [6.07, 6.45) is 1.79. The van der Waals surface area contributed by atoms with Crippen molar-refractivity contribution in [3.05, 3.63) is 84.2 Å². The number of hydrogen-bond donors (Lipinski definition) is 1. The molecule has 1 fully saturated rings. The molecule has 7 heteroatoms. The lowest BCUT2D eigenvalue weighted by molar-refractivity contribution is -0.118. The summed E-state index contributed by atoms with van der Waals surface area (Å²) in [6.45, 7) is 3.20. The van der Waals surface area contributed by atoms with Crippen LogP contribution in [0.4, 0.5) is 21.5 Å². The second-order valence-electron chi connectivity index (χ2n) is 7.29. The molecule has 1 aliphatic rings. The number of anilines is 2. The topological polar surface area (TPSA) is 63.2 Å². The molecular formula is C25H24FN3O3. The van der Waals surface area contributed by atoms with Crippen molar-refractivity contribution in [2.45, 2.75) is 0 Å². The first-order valence-electron chi connectivity index (χ1n) is 10.4. The number of amides is 1. The van der Waals surface area contributed by atoms with E-state index in [1.807, 2.05) is 24.3 Å². The summed E-state index contributed by atoms with van der Waals surface area (Å²) in [5.74, 6) is -0.0954. The van der Waals surface area contributed by atoms with Crippen molar-refractivity contribution in [2.24, 2.45) is 4.99 Å². The highest BCUT2D eigenvalue weighted by molar-refractivity contribution is 5.91. The molecule has 0 aromatic heterocycles. The van der Waals surface area contributed by atoms with Crippen molar-refractivity contribution >= 4 is 29.2 Å². The summed E-state index contributed by atoms with van der Waals surface area (Å²) in [6, 6.07) is 21.0. The average molecular weight is 433 g/mol. The number of benzene rings is 3. The van der Waals surface area contributed by atoms with Crippen LogP contribution < -0.4 is 15.0 Å². The van der Waals surface area contributed by atoms with Crippen LogP contribution in [0.2, 0.25) is 0 Å². The van der Waals surface area contributed by atoms with Gasteiger partial charge in [-0.15, -0.1) is 0 Å². The quantitative estimate of drug-likeness (QED) is 0.560. The molecule has 0 unspecified atom stereocenters. The first-order valence-corrected chi connectivity index (χ1v) is 10.4. The lowest BCUT2D eigenvalue weighted by Gasteiger charge is -2.28. The van der Waals surface area contributed by atoms with Crippen molar-refractivity contribution in [1.82, 2.24) is 0 Å². The van der Waals surface area contributed by atoms with Crippen LogP contribution in [0.25, 0.3) is 0 Å². The van der Waals surface area contributed by atoms with E-state index in [0.717, 1.165) is 37.6 Å². The van der Waals surface area contributed by atoms with Gasteiger partial charge in [0.1, 0.15) is 11.6 Å². The van der Waals surface area contributed by atoms with Crippen LogP contribution in [0.5, 0.6) is 5.75 Å². The predicted molar refractivity (Wildman–Crippen MR) is 124 cm³/mol. The zero-order chi connectivity index (χ0) is 22.2. The molecule has 0 aliphatic carbocycles. The van der Waals surface area contributed by atoms with Gasteiger partial charge in [-0.1, -0.05) is 0 Å². The van der Waals surface area contributed by atoms with E-state index >= 15 is 0 Å². The van der Waals surface area contributed by atoms with Crippen molar-refractivity contribution in [3.8, 4) is 5.75 Å². The normalized spacial score (nSPS) is 13.8. The summed E-state index contributed by atoms with van der Waals surface area (Å²) in [5.41, 5.74) is 3.49. The smallest absolute Gasteiger partial charge is 0.262 e. The Balaban J connectivity index is 1.26. The van der Waals surface area contributed by atoms with Gasteiger partial charge in [0.2, 0.25) is 0 Å².